The Kier molecular flexibility index (Phi) is 7.09. The molecule has 0 saturated carbocycles. The molecule has 3 aromatic carbocycles. The minimum Gasteiger partial charge on any atom is -0.484 e. The molecule has 1 N–H and O–H groups in total. The summed E-state index contributed by atoms with van der Waals surface area (Å²) in [6, 6.07) is 24.6. The number of thioether (sulfide) groups is 1. The fraction of sp³-hybridized carbons (Fsp3) is 0.125. The highest BCUT2D eigenvalue weighted by molar-refractivity contribution is 8.00. The second-order valence-electron chi connectivity index (χ2n) is 6.87. The Bertz CT molecular complexity index is 1180. The maximum absolute atomic E-state index is 12.8. The summed E-state index contributed by atoms with van der Waals surface area (Å²) in [5, 5.41) is 11.5. The molecule has 0 fully saturated rings. The first-order valence-electron chi connectivity index (χ1n) is 9.91. The van der Waals surface area contributed by atoms with Crippen molar-refractivity contribution >= 4 is 35.0 Å². The van der Waals surface area contributed by atoms with Crippen LogP contribution < -0.4 is 10.1 Å². The average Bonchev–Trinajstić information content (AvgIpc) is 3.27. The molecule has 0 saturated heterocycles. The summed E-state index contributed by atoms with van der Waals surface area (Å²) in [4.78, 5) is 12.8. The predicted octanol–water partition coefficient (Wildman–Crippen LogP) is 6.09. The third-order valence-electron chi connectivity index (χ3n) is 4.54. The van der Waals surface area contributed by atoms with Crippen molar-refractivity contribution in [2.75, 3.05) is 5.32 Å². The molecule has 6 nitrogen and oxygen atoms in total. The zero-order valence-corrected chi connectivity index (χ0v) is 18.8. The molecule has 0 bridgehead atoms. The van der Waals surface area contributed by atoms with Gasteiger partial charge in [-0.2, -0.15) is 0 Å². The number of aromatic nitrogens is 2. The number of hydrogen-bond donors (Lipinski definition) is 1. The number of para-hydroxylation sites is 1. The Balaban J connectivity index is 1.35. The van der Waals surface area contributed by atoms with E-state index in [-0.39, 0.29) is 12.5 Å². The van der Waals surface area contributed by atoms with Gasteiger partial charge in [0.25, 0.3) is 11.1 Å². The van der Waals surface area contributed by atoms with Gasteiger partial charge < -0.3 is 14.5 Å². The fourth-order valence-corrected chi connectivity index (χ4v) is 3.75. The van der Waals surface area contributed by atoms with Crippen LogP contribution >= 0.6 is 23.4 Å². The van der Waals surface area contributed by atoms with Crippen molar-refractivity contribution in [3.8, 4) is 16.9 Å². The third-order valence-corrected chi connectivity index (χ3v) is 5.73. The van der Waals surface area contributed by atoms with Gasteiger partial charge in [0.1, 0.15) is 5.75 Å². The first-order valence-corrected chi connectivity index (χ1v) is 11.2. The van der Waals surface area contributed by atoms with Gasteiger partial charge in [-0.3, -0.25) is 4.79 Å². The maximum Gasteiger partial charge on any atom is 0.277 e. The molecule has 0 spiro atoms. The molecule has 4 aromatic rings. The zero-order chi connectivity index (χ0) is 22.3. The number of amides is 1. The number of anilines is 1. The molecule has 0 unspecified atom stereocenters. The Morgan fingerprint density at radius 1 is 1.03 bits per heavy atom. The van der Waals surface area contributed by atoms with E-state index >= 15 is 0 Å². The normalized spacial score (nSPS) is 11.7. The molecule has 1 atom stereocenters. The van der Waals surface area contributed by atoms with E-state index in [0.29, 0.717) is 21.9 Å². The van der Waals surface area contributed by atoms with Gasteiger partial charge >= 0.3 is 0 Å². The largest absolute Gasteiger partial charge is 0.484 e. The molecule has 162 valence electrons. The lowest BCUT2D eigenvalue weighted by Gasteiger charge is -2.14. The van der Waals surface area contributed by atoms with Gasteiger partial charge in [-0.15, -0.1) is 10.2 Å². The number of carbonyl (C=O) groups excluding carboxylic acids is 1. The van der Waals surface area contributed by atoms with Crippen LogP contribution in [0.15, 0.2) is 88.5 Å². The number of halogens is 1. The summed E-state index contributed by atoms with van der Waals surface area (Å²) in [5.41, 5.74) is 2.74. The highest BCUT2D eigenvalue weighted by atomic mass is 35.5. The van der Waals surface area contributed by atoms with Crippen molar-refractivity contribution in [3.63, 3.8) is 0 Å². The van der Waals surface area contributed by atoms with Crippen molar-refractivity contribution in [2.45, 2.75) is 24.0 Å². The molecule has 4 rings (SSSR count). The molecule has 1 amide bonds. The molecule has 1 heterocycles. The van der Waals surface area contributed by atoms with Crippen molar-refractivity contribution in [1.29, 1.82) is 0 Å². The molecule has 8 heteroatoms. The van der Waals surface area contributed by atoms with Crippen LogP contribution in [0.5, 0.6) is 5.75 Å². The number of rotatable bonds is 8. The van der Waals surface area contributed by atoms with Gasteiger partial charge in [0.15, 0.2) is 6.61 Å². The zero-order valence-electron chi connectivity index (χ0n) is 17.2. The van der Waals surface area contributed by atoms with E-state index < -0.39 is 5.25 Å². The molecule has 0 aliphatic heterocycles. The number of hydrogen-bond acceptors (Lipinski definition) is 6. The van der Waals surface area contributed by atoms with E-state index in [2.05, 4.69) is 15.5 Å². The van der Waals surface area contributed by atoms with Crippen LogP contribution in [0.1, 0.15) is 12.8 Å². The van der Waals surface area contributed by atoms with E-state index in [1.54, 1.807) is 31.2 Å². The van der Waals surface area contributed by atoms with Crippen LogP contribution in [0.4, 0.5) is 5.69 Å². The standard InChI is InChI=1S/C24H20ClN3O3S/c1-16(23(29)26-21-10-6-5-9-20(21)17-7-3-2-4-8-17)32-24-28-27-22(31-24)15-30-19-13-11-18(25)12-14-19/h2-14,16H,15H2,1H3,(H,26,29)/t16-/m1/s1. The van der Waals surface area contributed by atoms with Crippen LogP contribution in [0.2, 0.25) is 5.02 Å². The summed E-state index contributed by atoms with van der Waals surface area (Å²) in [7, 11) is 0. The number of ether oxygens (including phenoxy) is 1. The van der Waals surface area contributed by atoms with Gasteiger partial charge in [0.2, 0.25) is 5.91 Å². The minimum absolute atomic E-state index is 0.125. The van der Waals surface area contributed by atoms with E-state index in [0.717, 1.165) is 16.8 Å². The lowest BCUT2D eigenvalue weighted by Crippen LogP contribution is -2.22. The van der Waals surface area contributed by atoms with E-state index in [4.69, 9.17) is 20.8 Å². The number of nitrogens with one attached hydrogen (secondary N) is 1. The minimum atomic E-state index is -0.440. The fourth-order valence-electron chi connectivity index (χ4n) is 2.92. The molecular formula is C24H20ClN3O3S. The number of benzene rings is 3. The van der Waals surface area contributed by atoms with Crippen molar-refractivity contribution in [2.24, 2.45) is 0 Å². The van der Waals surface area contributed by atoms with Crippen molar-refractivity contribution < 1.29 is 13.9 Å². The Hall–Kier alpha value is -3.29. The van der Waals surface area contributed by atoms with Gasteiger partial charge in [-0.25, -0.2) is 0 Å². The first-order chi connectivity index (χ1) is 15.6. The van der Waals surface area contributed by atoms with E-state index in [9.17, 15) is 4.79 Å². The smallest absolute Gasteiger partial charge is 0.277 e. The monoisotopic (exact) mass is 465 g/mol. The van der Waals surface area contributed by atoms with Crippen LogP contribution in [-0.2, 0) is 11.4 Å². The lowest BCUT2D eigenvalue weighted by molar-refractivity contribution is -0.115. The molecule has 0 aliphatic rings. The number of nitrogens with zero attached hydrogens (tertiary/aromatic N) is 2. The summed E-state index contributed by atoms with van der Waals surface area (Å²) >= 11 is 7.06. The Morgan fingerprint density at radius 3 is 2.53 bits per heavy atom. The molecule has 32 heavy (non-hydrogen) atoms. The second kappa shape index (κ2) is 10.3. The van der Waals surface area contributed by atoms with Crippen molar-refractivity contribution in [3.05, 3.63) is 89.8 Å². The molecule has 1 aromatic heterocycles. The quantitative estimate of drug-likeness (QED) is 0.317. The summed E-state index contributed by atoms with van der Waals surface area (Å²) < 4.78 is 11.2. The predicted molar refractivity (Wildman–Crippen MR) is 126 cm³/mol. The summed E-state index contributed by atoms with van der Waals surface area (Å²) in [6.45, 7) is 1.92. The number of carbonyl (C=O) groups is 1. The molecule has 0 aliphatic carbocycles. The highest BCUT2D eigenvalue weighted by Gasteiger charge is 2.19. The maximum atomic E-state index is 12.8. The molecule has 0 radical (unpaired) electrons. The highest BCUT2D eigenvalue weighted by Crippen LogP contribution is 2.29. The van der Waals surface area contributed by atoms with Gasteiger partial charge in [0.05, 0.1) is 5.25 Å². The van der Waals surface area contributed by atoms with Gasteiger partial charge in [-0.05, 0) is 42.8 Å². The Morgan fingerprint density at radius 2 is 1.75 bits per heavy atom. The SMILES string of the molecule is C[C@@H](Sc1nnc(COc2ccc(Cl)cc2)o1)C(=O)Nc1ccccc1-c1ccccc1. The van der Waals surface area contributed by atoms with Crippen LogP contribution in [0.25, 0.3) is 11.1 Å². The van der Waals surface area contributed by atoms with E-state index in [1.807, 2.05) is 54.6 Å². The third kappa shape index (κ3) is 5.69. The lowest BCUT2D eigenvalue weighted by atomic mass is 10.0. The van der Waals surface area contributed by atoms with Crippen molar-refractivity contribution in [1.82, 2.24) is 10.2 Å². The topological polar surface area (TPSA) is 77.2 Å². The van der Waals surface area contributed by atoms with Gasteiger partial charge in [-0.1, -0.05) is 71.9 Å². The Labute approximate surface area is 195 Å². The second-order valence-corrected chi connectivity index (χ2v) is 8.59. The average molecular weight is 466 g/mol. The van der Waals surface area contributed by atoms with E-state index in [1.165, 1.54) is 11.8 Å². The first kappa shape index (κ1) is 21.9. The van der Waals surface area contributed by atoms with Crippen LogP contribution in [-0.4, -0.2) is 21.4 Å². The van der Waals surface area contributed by atoms with Gasteiger partial charge in [0, 0.05) is 16.3 Å². The summed E-state index contributed by atoms with van der Waals surface area (Å²) in [6.07, 6.45) is 0. The van der Waals surface area contributed by atoms with Crippen LogP contribution in [0.3, 0.4) is 0 Å². The molecular weight excluding hydrogens is 446 g/mol. The van der Waals surface area contributed by atoms with Crippen LogP contribution in [0, 0.1) is 0 Å². The summed E-state index contributed by atoms with van der Waals surface area (Å²) in [5.74, 6) is 0.812.